The van der Waals surface area contributed by atoms with Crippen molar-refractivity contribution in [2.75, 3.05) is 6.61 Å². The average Bonchev–Trinajstić information content (AvgIpc) is 2.48. The summed E-state index contributed by atoms with van der Waals surface area (Å²) in [6.07, 6.45) is 0.687. The van der Waals surface area contributed by atoms with Crippen molar-refractivity contribution in [1.29, 1.82) is 0 Å². The Morgan fingerprint density at radius 2 is 2.21 bits per heavy atom. The second kappa shape index (κ2) is 3.75. The summed E-state index contributed by atoms with van der Waals surface area (Å²) < 4.78 is 1.07. The number of H-pyrrole nitrogens is 1. The zero-order valence-electron chi connectivity index (χ0n) is 7.97. The van der Waals surface area contributed by atoms with E-state index >= 15 is 0 Å². The molecule has 14 heavy (non-hydrogen) atoms. The maximum atomic E-state index is 8.91. The zero-order chi connectivity index (χ0) is 10.1. The molecule has 0 spiro atoms. The van der Waals surface area contributed by atoms with Crippen LogP contribution in [0.3, 0.4) is 0 Å². The second-order valence-corrected chi connectivity index (χ2v) is 4.22. The third kappa shape index (κ3) is 1.47. The molecule has 0 aliphatic carbocycles. The largest absolute Gasteiger partial charge is 0.396 e. The SMILES string of the molecule is Cc1c(CCO)[nH]c2c(Br)cccc12. The minimum absolute atomic E-state index is 0.186. The number of nitrogens with one attached hydrogen (secondary N) is 1. The highest BCUT2D eigenvalue weighted by molar-refractivity contribution is 9.10. The maximum Gasteiger partial charge on any atom is 0.0603 e. The fourth-order valence-corrected chi connectivity index (χ4v) is 2.20. The first kappa shape index (κ1) is 9.74. The van der Waals surface area contributed by atoms with Crippen LogP contribution in [0.5, 0.6) is 0 Å². The Bertz CT molecular complexity index is 462. The van der Waals surface area contributed by atoms with Gasteiger partial charge in [0.25, 0.3) is 0 Å². The quantitative estimate of drug-likeness (QED) is 0.849. The van der Waals surface area contributed by atoms with E-state index in [4.69, 9.17) is 5.11 Å². The van der Waals surface area contributed by atoms with Crippen molar-refractivity contribution >= 4 is 26.8 Å². The number of aliphatic hydroxyl groups is 1. The van der Waals surface area contributed by atoms with Crippen LogP contribution in [0.15, 0.2) is 22.7 Å². The Labute approximate surface area is 91.1 Å². The van der Waals surface area contributed by atoms with E-state index in [1.165, 1.54) is 10.9 Å². The van der Waals surface area contributed by atoms with Crippen LogP contribution in [0.2, 0.25) is 0 Å². The van der Waals surface area contributed by atoms with Crippen LogP contribution in [0.25, 0.3) is 10.9 Å². The first-order valence-corrected chi connectivity index (χ1v) is 5.40. The van der Waals surface area contributed by atoms with Gasteiger partial charge in [-0.2, -0.15) is 0 Å². The molecule has 0 saturated carbocycles. The number of aliphatic hydroxyl groups excluding tert-OH is 1. The van der Waals surface area contributed by atoms with Crippen molar-refractivity contribution in [3.05, 3.63) is 33.9 Å². The highest BCUT2D eigenvalue weighted by Gasteiger charge is 2.08. The van der Waals surface area contributed by atoms with Gasteiger partial charge in [-0.15, -0.1) is 0 Å². The van der Waals surface area contributed by atoms with Gasteiger partial charge < -0.3 is 10.1 Å². The van der Waals surface area contributed by atoms with Crippen molar-refractivity contribution in [3.8, 4) is 0 Å². The number of hydrogen-bond donors (Lipinski definition) is 2. The number of rotatable bonds is 2. The molecular weight excluding hydrogens is 242 g/mol. The van der Waals surface area contributed by atoms with E-state index in [9.17, 15) is 0 Å². The van der Waals surface area contributed by atoms with E-state index in [0.717, 1.165) is 15.7 Å². The molecule has 0 saturated heterocycles. The van der Waals surface area contributed by atoms with E-state index in [-0.39, 0.29) is 6.61 Å². The topological polar surface area (TPSA) is 36.0 Å². The average molecular weight is 254 g/mol. The number of aryl methyl sites for hydroxylation is 1. The van der Waals surface area contributed by atoms with Gasteiger partial charge in [-0.3, -0.25) is 0 Å². The molecule has 0 fully saturated rings. The number of aromatic nitrogens is 1. The maximum absolute atomic E-state index is 8.91. The van der Waals surface area contributed by atoms with E-state index in [0.29, 0.717) is 6.42 Å². The summed E-state index contributed by atoms with van der Waals surface area (Å²) in [7, 11) is 0. The lowest BCUT2D eigenvalue weighted by atomic mass is 10.1. The smallest absolute Gasteiger partial charge is 0.0603 e. The summed E-state index contributed by atoms with van der Waals surface area (Å²) in [5.41, 5.74) is 3.47. The molecule has 74 valence electrons. The number of fused-ring (bicyclic) bond motifs is 1. The fourth-order valence-electron chi connectivity index (χ4n) is 1.73. The normalized spacial score (nSPS) is 11.1. The van der Waals surface area contributed by atoms with Gasteiger partial charge in [0, 0.05) is 28.6 Å². The summed E-state index contributed by atoms with van der Waals surface area (Å²) in [6.45, 7) is 2.27. The summed E-state index contributed by atoms with van der Waals surface area (Å²) in [4.78, 5) is 3.33. The van der Waals surface area contributed by atoms with Gasteiger partial charge in [0.2, 0.25) is 0 Å². The van der Waals surface area contributed by atoms with Gasteiger partial charge in [0.15, 0.2) is 0 Å². The molecular formula is C11H12BrNO. The summed E-state index contributed by atoms with van der Waals surface area (Å²) in [6, 6.07) is 6.13. The summed E-state index contributed by atoms with van der Waals surface area (Å²) >= 11 is 3.50. The van der Waals surface area contributed by atoms with Gasteiger partial charge in [-0.05, 0) is 34.5 Å². The highest BCUT2D eigenvalue weighted by Crippen LogP contribution is 2.27. The predicted octanol–water partition coefficient (Wildman–Crippen LogP) is 2.77. The molecule has 1 aromatic carbocycles. The van der Waals surface area contributed by atoms with Gasteiger partial charge in [-0.25, -0.2) is 0 Å². The van der Waals surface area contributed by atoms with Crippen molar-refractivity contribution in [1.82, 2.24) is 4.98 Å². The van der Waals surface area contributed by atoms with Crippen LogP contribution in [-0.2, 0) is 6.42 Å². The third-order valence-corrected chi connectivity index (χ3v) is 3.17. The predicted molar refractivity (Wildman–Crippen MR) is 61.5 cm³/mol. The lowest BCUT2D eigenvalue weighted by molar-refractivity contribution is 0.298. The Kier molecular flexibility index (Phi) is 2.61. The lowest BCUT2D eigenvalue weighted by Gasteiger charge is -1.94. The molecule has 0 aliphatic heterocycles. The molecule has 0 radical (unpaired) electrons. The lowest BCUT2D eigenvalue weighted by Crippen LogP contribution is -1.92. The Morgan fingerprint density at radius 3 is 2.86 bits per heavy atom. The Balaban J connectivity index is 2.67. The minimum atomic E-state index is 0.186. The zero-order valence-corrected chi connectivity index (χ0v) is 9.56. The van der Waals surface area contributed by atoms with E-state index < -0.39 is 0 Å². The van der Waals surface area contributed by atoms with Crippen molar-refractivity contribution in [2.24, 2.45) is 0 Å². The van der Waals surface area contributed by atoms with Crippen LogP contribution in [0.4, 0.5) is 0 Å². The molecule has 2 rings (SSSR count). The highest BCUT2D eigenvalue weighted by atomic mass is 79.9. The molecule has 3 heteroatoms. The van der Waals surface area contributed by atoms with Crippen molar-refractivity contribution in [2.45, 2.75) is 13.3 Å². The minimum Gasteiger partial charge on any atom is -0.396 e. The summed E-state index contributed by atoms with van der Waals surface area (Å²) in [5.74, 6) is 0. The molecule has 0 amide bonds. The molecule has 1 heterocycles. The molecule has 0 atom stereocenters. The van der Waals surface area contributed by atoms with Crippen LogP contribution in [0, 0.1) is 6.92 Å². The van der Waals surface area contributed by atoms with Crippen LogP contribution in [-0.4, -0.2) is 16.7 Å². The molecule has 1 aromatic heterocycles. The molecule has 2 N–H and O–H groups in total. The number of benzene rings is 1. The first-order chi connectivity index (χ1) is 6.74. The van der Waals surface area contributed by atoms with E-state index in [1.807, 2.05) is 12.1 Å². The van der Waals surface area contributed by atoms with Crippen molar-refractivity contribution in [3.63, 3.8) is 0 Å². The standard InChI is InChI=1S/C11H12BrNO/c1-7-8-3-2-4-9(12)11(8)13-10(7)5-6-14/h2-4,13-14H,5-6H2,1H3. The second-order valence-electron chi connectivity index (χ2n) is 3.36. The number of hydrogen-bond acceptors (Lipinski definition) is 1. The van der Waals surface area contributed by atoms with Gasteiger partial charge in [0.05, 0.1) is 5.52 Å². The van der Waals surface area contributed by atoms with Crippen LogP contribution in [0.1, 0.15) is 11.3 Å². The molecule has 0 unspecified atom stereocenters. The molecule has 0 bridgehead atoms. The number of para-hydroxylation sites is 1. The molecule has 2 aromatic rings. The van der Waals surface area contributed by atoms with Crippen molar-refractivity contribution < 1.29 is 5.11 Å². The monoisotopic (exact) mass is 253 g/mol. The Morgan fingerprint density at radius 1 is 1.43 bits per heavy atom. The van der Waals surface area contributed by atoms with Crippen LogP contribution >= 0.6 is 15.9 Å². The summed E-state index contributed by atoms with van der Waals surface area (Å²) in [5, 5.41) is 10.1. The molecule has 2 nitrogen and oxygen atoms in total. The number of aromatic amines is 1. The van der Waals surface area contributed by atoms with Crippen LogP contribution < -0.4 is 0 Å². The third-order valence-electron chi connectivity index (χ3n) is 2.51. The van der Waals surface area contributed by atoms with E-state index in [2.05, 4.69) is 33.9 Å². The van der Waals surface area contributed by atoms with E-state index in [1.54, 1.807) is 0 Å². The fraction of sp³-hybridized carbons (Fsp3) is 0.273. The van der Waals surface area contributed by atoms with Gasteiger partial charge in [-0.1, -0.05) is 12.1 Å². The molecule has 0 aliphatic rings. The number of halogens is 1. The van der Waals surface area contributed by atoms with Gasteiger partial charge >= 0.3 is 0 Å². The Hall–Kier alpha value is -0.800. The first-order valence-electron chi connectivity index (χ1n) is 4.60. The van der Waals surface area contributed by atoms with Gasteiger partial charge in [0.1, 0.15) is 0 Å².